The summed E-state index contributed by atoms with van der Waals surface area (Å²) >= 11 is 0. The van der Waals surface area contributed by atoms with Gasteiger partial charge in [0.05, 0.1) is 16.9 Å². The summed E-state index contributed by atoms with van der Waals surface area (Å²) in [6, 6.07) is 0. The third kappa shape index (κ3) is 3.11. The first-order chi connectivity index (χ1) is 10.9. The minimum atomic E-state index is -0.561. The molecule has 0 radical (unpaired) electrons. The summed E-state index contributed by atoms with van der Waals surface area (Å²) in [6.07, 6.45) is 3.31. The number of nitrogens with zero attached hydrogens (tertiary/aromatic N) is 2. The minimum absolute atomic E-state index is 0.314. The highest BCUT2D eigenvalue weighted by molar-refractivity contribution is 6.62. The molecule has 1 saturated heterocycles. The van der Waals surface area contributed by atoms with E-state index in [2.05, 4.69) is 5.10 Å². The molecule has 0 bridgehead atoms. The van der Waals surface area contributed by atoms with Crippen LogP contribution in [0.4, 0.5) is 4.79 Å². The summed E-state index contributed by atoms with van der Waals surface area (Å²) < 4.78 is 19.1. The maximum absolute atomic E-state index is 12.5. The Hall–Kier alpha value is -1.34. The van der Waals surface area contributed by atoms with Crippen LogP contribution in [0.3, 0.4) is 0 Å². The fourth-order valence-corrected chi connectivity index (χ4v) is 2.74. The first kappa shape index (κ1) is 17.5. The highest BCUT2D eigenvalue weighted by atomic mass is 16.7. The molecule has 3 rings (SSSR count). The van der Waals surface area contributed by atoms with Crippen molar-refractivity contribution in [2.24, 2.45) is 0 Å². The molecule has 2 fully saturated rings. The molecule has 132 valence electrons. The Morgan fingerprint density at radius 1 is 1.25 bits per heavy atom. The zero-order valence-corrected chi connectivity index (χ0v) is 15.7. The van der Waals surface area contributed by atoms with E-state index in [4.69, 9.17) is 14.0 Å². The molecule has 0 N–H and O–H groups in total. The zero-order chi connectivity index (χ0) is 17.9. The van der Waals surface area contributed by atoms with E-state index in [1.54, 1.807) is 6.20 Å². The highest BCUT2D eigenvalue weighted by Gasteiger charge is 2.53. The predicted octanol–water partition coefficient (Wildman–Crippen LogP) is 2.84. The molecule has 0 aromatic carbocycles. The van der Waals surface area contributed by atoms with Crippen LogP contribution < -0.4 is 5.46 Å². The highest BCUT2D eigenvalue weighted by Crippen LogP contribution is 2.41. The monoisotopic (exact) mass is 334 g/mol. The molecule has 2 heterocycles. The molecule has 24 heavy (non-hydrogen) atoms. The molecular formula is C17H27BN2O4. The Bertz CT molecular complexity index is 640. The maximum atomic E-state index is 12.5. The Labute approximate surface area is 144 Å². The Kier molecular flexibility index (Phi) is 3.88. The van der Waals surface area contributed by atoms with Gasteiger partial charge in [0.1, 0.15) is 5.60 Å². The van der Waals surface area contributed by atoms with E-state index in [1.165, 1.54) is 4.68 Å². The minimum Gasteiger partial charge on any atom is -0.442 e. The van der Waals surface area contributed by atoms with Crippen molar-refractivity contribution < 1.29 is 18.8 Å². The summed E-state index contributed by atoms with van der Waals surface area (Å²) in [4.78, 5) is 12.5. The third-order valence-corrected chi connectivity index (χ3v) is 4.87. The smallest absolute Gasteiger partial charge is 0.442 e. The van der Waals surface area contributed by atoms with Crippen molar-refractivity contribution in [2.45, 2.75) is 84.0 Å². The van der Waals surface area contributed by atoms with E-state index in [0.29, 0.717) is 5.92 Å². The Balaban J connectivity index is 1.92. The number of hydrogen-bond donors (Lipinski definition) is 0. The van der Waals surface area contributed by atoms with Crippen molar-refractivity contribution in [2.75, 3.05) is 0 Å². The van der Waals surface area contributed by atoms with Gasteiger partial charge < -0.3 is 14.0 Å². The summed E-state index contributed by atoms with van der Waals surface area (Å²) in [5.74, 6) is 0.314. The lowest BCUT2D eigenvalue weighted by atomic mass is 9.78. The normalized spacial score (nSPS) is 22.7. The SMILES string of the molecule is CC(C)(C)OC(=O)n1ncc(B2OC(C)(C)C(C)(C)O2)c1C1CC1. The summed E-state index contributed by atoms with van der Waals surface area (Å²) in [6.45, 7) is 13.6. The predicted molar refractivity (Wildman–Crippen MR) is 91.6 cm³/mol. The number of hydrogen-bond acceptors (Lipinski definition) is 5. The largest absolute Gasteiger partial charge is 0.498 e. The van der Waals surface area contributed by atoms with Gasteiger partial charge in [0.25, 0.3) is 0 Å². The second kappa shape index (κ2) is 5.33. The number of aromatic nitrogens is 2. The van der Waals surface area contributed by atoms with E-state index in [-0.39, 0.29) is 0 Å². The molecule has 0 spiro atoms. The number of carbonyl (C=O) groups excluding carboxylic acids is 1. The van der Waals surface area contributed by atoms with Gasteiger partial charge in [-0.1, -0.05) is 0 Å². The molecule has 7 heteroatoms. The molecule has 1 saturated carbocycles. The summed E-state index contributed by atoms with van der Waals surface area (Å²) in [5.41, 5.74) is 0.289. The van der Waals surface area contributed by atoms with Gasteiger partial charge in [-0.15, -0.1) is 0 Å². The summed E-state index contributed by atoms with van der Waals surface area (Å²) in [7, 11) is -0.512. The van der Waals surface area contributed by atoms with Crippen molar-refractivity contribution in [3.05, 3.63) is 11.9 Å². The van der Waals surface area contributed by atoms with Crippen LogP contribution in [0.25, 0.3) is 0 Å². The van der Waals surface area contributed by atoms with Crippen molar-refractivity contribution >= 4 is 18.7 Å². The van der Waals surface area contributed by atoms with Gasteiger partial charge in [-0.2, -0.15) is 9.78 Å². The second-order valence-corrected chi connectivity index (χ2v) is 8.74. The zero-order valence-electron chi connectivity index (χ0n) is 15.7. The van der Waals surface area contributed by atoms with Gasteiger partial charge >= 0.3 is 13.2 Å². The number of ether oxygens (including phenoxy) is 1. The van der Waals surface area contributed by atoms with Crippen LogP contribution in [0.1, 0.15) is 72.9 Å². The van der Waals surface area contributed by atoms with Gasteiger partial charge in [-0.05, 0) is 61.3 Å². The lowest BCUT2D eigenvalue weighted by Gasteiger charge is -2.32. The molecule has 1 aliphatic heterocycles. The average molecular weight is 334 g/mol. The van der Waals surface area contributed by atoms with Crippen molar-refractivity contribution in [3.8, 4) is 0 Å². The molecular weight excluding hydrogens is 307 g/mol. The van der Waals surface area contributed by atoms with Crippen LogP contribution >= 0.6 is 0 Å². The van der Waals surface area contributed by atoms with Crippen LogP contribution in [-0.2, 0) is 14.0 Å². The van der Waals surface area contributed by atoms with Crippen molar-refractivity contribution in [1.82, 2.24) is 9.78 Å². The van der Waals surface area contributed by atoms with Gasteiger partial charge in [-0.3, -0.25) is 0 Å². The molecule has 2 aliphatic rings. The van der Waals surface area contributed by atoms with E-state index in [0.717, 1.165) is 24.0 Å². The van der Waals surface area contributed by atoms with Crippen LogP contribution in [0.2, 0.25) is 0 Å². The molecule has 1 aliphatic carbocycles. The molecule has 1 aromatic heterocycles. The van der Waals surface area contributed by atoms with Crippen LogP contribution in [0.15, 0.2) is 6.20 Å². The first-order valence-corrected chi connectivity index (χ1v) is 8.58. The molecule has 1 aromatic rings. The molecule has 6 nitrogen and oxygen atoms in total. The lowest BCUT2D eigenvalue weighted by Crippen LogP contribution is -2.41. The van der Waals surface area contributed by atoms with Crippen LogP contribution in [0.5, 0.6) is 0 Å². The van der Waals surface area contributed by atoms with Crippen molar-refractivity contribution in [3.63, 3.8) is 0 Å². The average Bonchev–Trinajstić information content (AvgIpc) is 3.08. The van der Waals surface area contributed by atoms with Crippen LogP contribution in [-0.4, -0.2) is 39.8 Å². The van der Waals surface area contributed by atoms with Gasteiger partial charge in [-0.25, -0.2) is 4.79 Å². The second-order valence-electron chi connectivity index (χ2n) is 8.74. The van der Waals surface area contributed by atoms with E-state index >= 15 is 0 Å². The Morgan fingerprint density at radius 2 is 1.79 bits per heavy atom. The lowest BCUT2D eigenvalue weighted by molar-refractivity contribution is 0.00578. The van der Waals surface area contributed by atoms with Crippen molar-refractivity contribution in [1.29, 1.82) is 0 Å². The molecule has 0 amide bonds. The van der Waals surface area contributed by atoms with Crippen LogP contribution in [0, 0.1) is 0 Å². The molecule has 0 unspecified atom stereocenters. The number of rotatable bonds is 2. The van der Waals surface area contributed by atoms with Gasteiger partial charge in [0.2, 0.25) is 0 Å². The molecule has 0 atom stereocenters. The quantitative estimate of drug-likeness (QED) is 0.778. The van der Waals surface area contributed by atoms with Gasteiger partial charge in [0, 0.05) is 17.6 Å². The maximum Gasteiger partial charge on any atom is 0.498 e. The first-order valence-electron chi connectivity index (χ1n) is 8.58. The third-order valence-electron chi connectivity index (χ3n) is 4.87. The number of carbonyl (C=O) groups is 1. The van der Waals surface area contributed by atoms with E-state index in [9.17, 15) is 4.79 Å². The van der Waals surface area contributed by atoms with Gasteiger partial charge in [0.15, 0.2) is 0 Å². The Morgan fingerprint density at radius 3 is 2.25 bits per heavy atom. The fraction of sp³-hybridized carbons (Fsp3) is 0.765. The fourth-order valence-electron chi connectivity index (χ4n) is 2.74. The van der Waals surface area contributed by atoms with E-state index < -0.39 is 30.0 Å². The topological polar surface area (TPSA) is 62.6 Å². The van der Waals surface area contributed by atoms with E-state index in [1.807, 2.05) is 48.5 Å². The standard InChI is InChI=1S/C17H27BN2O4/c1-15(2,3)22-14(21)20-13(11-8-9-11)12(10-19-20)18-23-16(4,5)17(6,7)24-18/h10-11H,8-9H2,1-7H3. The summed E-state index contributed by atoms with van der Waals surface area (Å²) in [5, 5.41) is 4.28.